The number of nitrogens with zero attached hydrogens (tertiary/aromatic N) is 2. The van der Waals surface area contributed by atoms with Gasteiger partial charge in [-0.25, -0.2) is 4.79 Å². The van der Waals surface area contributed by atoms with E-state index in [-0.39, 0.29) is 11.6 Å². The molecule has 0 spiro atoms. The lowest BCUT2D eigenvalue weighted by molar-refractivity contribution is 0.0699. The van der Waals surface area contributed by atoms with Crippen LogP contribution in [-0.2, 0) is 0 Å². The first-order valence-corrected chi connectivity index (χ1v) is 10.8. The van der Waals surface area contributed by atoms with E-state index in [4.69, 9.17) is 9.26 Å². The van der Waals surface area contributed by atoms with Crippen molar-refractivity contribution in [1.82, 2.24) is 9.72 Å². The average molecular weight is 440 g/mol. The van der Waals surface area contributed by atoms with Gasteiger partial charge in [0.05, 0.1) is 29.9 Å². The highest BCUT2D eigenvalue weighted by Gasteiger charge is 2.24. The van der Waals surface area contributed by atoms with E-state index < -0.39 is 5.97 Å². The van der Waals surface area contributed by atoms with Gasteiger partial charge in [-0.2, -0.15) is 0 Å². The van der Waals surface area contributed by atoms with E-state index in [1.165, 1.54) is 0 Å². The maximum atomic E-state index is 12.5. The summed E-state index contributed by atoms with van der Waals surface area (Å²) in [6.45, 7) is 5.83. The van der Waals surface area contributed by atoms with Gasteiger partial charge < -0.3 is 18.9 Å². The van der Waals surface area contributed by atoms with Crippen LogP contribution in [0.5, 0.6) is 5.75 Å². The number of hydrogen-bond donors (Lipinski definition) is 1. The van der Waals surface area contributed by atoms with Gasteiger partial charge in [0, 0.05) is 21.9 Å². The number of fused-ring (bicyclic) bond motifs is 3. The van der Waals surface area contributed by atoms with Gasteiger partial charge in [0.2, 0.25) is 0 Å². The fourth-order valence-corrected chi connectivity index (χ4v) is 4.79. The second kappa shape index (κ2) is 7.81. The molecule has 6 heteroatoms. The molecule has 5 aromatic rings. The molecule has 2 aromatic heterocycles. The standard InChI is InChI=1S/C27H24N2O4/c1-15-25(17(3)33-28-15)19-12-22(27(30)31)26-21-14-20(32-4)10-11-23(21)29(24(26)13-19)16(2)18-8-6-5-7-9-18/h5-14,16H,1-4H3,(H,30,31). The first-order valence-electron chi connectivity index (χ1n) is 10.8. The Morgan fingerprint density at radius 1 is 1.06 bits per heavy atom. The number of rotatable bonds is 5. The van der Waals surface area contributed by atoms with Gasteiger partial charge in [-0.05, 0) is 62.2 Å². The van der Waals surface area contributed by atoms with Crippen molar-refractivity contribution in [2.24, 2.45) is 0 Å². The smallest absolute Gasteiger partial charge is 0.336 e. The normalized spacial score (nSPS) is 12.4. The predicted molar refractivity (Wildman–Crippen MR) is 128 cm³/mol. The third kappa shape index (κ3) is 3.26. The van der Waals surface area contributed by atoms with E-state index in [0.717, 1.165) is 38.8 Å². The fourth-order valence-electron chi connectivity index (χ4n) is 4.79. The summed E-state index contributed by atoms with van der Waals surface area (Å²) in [4.78, 5) is 12.5. The number of carboxylic acid groups (broad SMARTS) is 1. The molecule has 0 aliphatic heterocycles. The van der Waals surface area contributed by atoms with Crippen molar-refractivity contribution < 1.29 is 19.2 Å². The van der Waals surface area contributed by atoms with Gasteiger partial charge in [-0.3, -0.25) is 0 Å². The van der Waals surface area contributed by atoms with Crippen molar-refractivity contribution in [3.8, 4) is 16.9 Å². The second-order valence-electron chi connectivity index (χ2n) is 8.26. The summed E-state index contributed by atoms with van der Waals surface area (Å²) in [7, 11) is 1.61. The minimum absolute atomic E-state index is 0.0267. The van der Waals surface area contributed by atoms with Gasteiger partial charge in [0.25, 0.3) is 0 Å². The van der Waals surface area contributed by atoms with Crippen LogP contribution in [0.4, 0.5) is 0 Å². The maximum Gasteiger partial charge on any atom is 0.336 e. The topological polar surface area (TPSA) is 77.5 Å². The molecule has 0 saturated carbocycles. The lowest BCUT2D eigenvalue weighted by atomic mass is 9.97. The number of methoxy groups -OCH3 is 1. The number of ether oxygens (including phenoxy) is 1. The van der Waals surface area contributed by atoms with Crippen LogP contribution in [0.25, 0.3) is 32.9 Å². The van der Waals surface area contributed by atoms with Crippen molar-refractivity contribution in [3.63, 3.8) is 0 Å². The van der Waals surface area contributed by atoms with E-state index in [9.17, 15) is 9.90 Å². The van der Waals surface area contributed by atoms with Gasteiger partial charge in [0.1, 0.15) is 11.5 Å². The van der Waals surface area contributed by atoms with Gasteiger partial charge in [-0.15, -0.1) is 0 Å². The van der Waals surface area contributed by atoms with Crippen molar-refractivity contribution in [3.05, 3.63) is 83.2 Å². The molecule has 1 N–H and O–H groups in total. The second-order valence-corrected chi connectivity index (χ2v) is 8.26. The molecule has 0 saturated heterocycles. The van der Waals surface area contributed by atoms with Crippen LogP contribution >= 0.6 is 0 Å². The van der Waals surface area contributed by atoms with Crippen molar-refractivity contribution in [2.45, 2.75) is 26.8 Å². The zero-order valence-electron chi connectivity index (χ0n) is 18.9. The maximum absolute atomic E-state index is 12.5. The van der Waals surface area contributed by atoms with E-state index in [0.29, 0.717) is 16.9 Å². The average Bonchev–Trinajstić information content (AvgIpc) is 3.33. The molecular weight excluding hydrogens is 416 g/mol. The van der Waals surface area contributed by atoms with Gasteiger partial charge >= 0.3 is 5.97 Å². The Hall–Kier alpha value is -4.06. The number of carbonyl (C=O) groups is 1. The number of benzene rings is 3. The molecular formula is C27H24N2O4. The highest BCUT2D eigenvalue weighted by atomic mass is 16.5. The summed E-state index contributed by atoms with van der Waals surface area (Å²) in [6, 6.07) is 19.7. The Labute approximate surface area is 191 Å². The largest absolute Gasteiger partial charge is 0.497 e. The molecule has 166 valence electrons. The van der Waals surface area contributed by atoms with Crippen LogP contribution in [0.3, 0.4) is 0 Å². The SMILES string of the molecule is COc1ccc2c(c1)c1c(C(=O)O)cc(-c3c(C)noc3C)cc1n2C(C)c1ccccc1. The minimum atomic E-state index is -0.983. The molecule has 33 heavy (non-hydrogen) atoms. The molecule has 0 fully saturated rings. The molecule has 2 heterocycles. The molecule has 0 aliphatic rings. The predicted octanol–water partition coefficient (Wildman–Crippen LogP) is 6.38. The van der Waals surface area contributed by atoms with Crippen LogP contribution < -0.4 is 4.74 Å². The summed E-state index contributed by atoms with van der Waals surface area (Å²) in [5, 5.41) is 15.8. The zero-order chi connectivity index (χ0) is 23.3. The fraction of sp³-hybridized carbons (Fsp3) is 0.185. The minimum Gasteiger partial charge on any atom is -0.497 e. The van der Waals surface area contributed by atoms with Crippen LogP contribution in [0.1, 0.15) is 40.3 Å². The number of aromatic carboxylic acids is 1. The summed E-state index contributed by atoms with van der Waals surface area (Å²) in [5.74, 6) is 0.353. The molecule has 0 amide bonds. The Kier molecular flexibility index (Phi) is 4.93. The summed E-state index contributed by atoms with van der Waals surface area (Å²) in [5.41, 5.74) is 5.47. The summed E-state index contributed by atoms with van der Waals surface area (Å²) >= 11 is 0. The van der Waals surface area contributed by atoms with Crippen LogP contribution in [0, 0.1) is 13.8 Å². The molecule has 0 aliphatic carbocycles. The third-order valence-corrected chi connectivity index (χ3v) is 6.33. The molecule has 0 bridgehead atoms. The molecule has 3 aromatic carbocycles. The quantitative estimate of drug-likeness (QED) is 0.343. The number of carboxylic acids is 1. The van der Waals surface area contributed by atoms with E-state index >= 15 is 0 Å². The van der Waals surface area contributed by atoms with Crippen LogP contribution in [0.15, 0.2) is 65.2 Å². The summed E-state index contributed by atoms with van der Waals surface area (Å²) in [6.07, 6.45) is 0. The Balaban J connectivity index is 1.94. The molecule has 1 unspecified atom stereocenters. The summed E-state index contributed by atoms with van der Waals surface area (Å²) < 4.78 is 13.0. The van der Waals surface area contributed by atoms with Crippen molar-refractivity contribution >= 4 is 27.8 Å². The zero-order valence-corrected chi connectivity index (χ0v) is 18.9. The van der Waals surface area contributed by atoms with E-state index in [1.807, 2.05) is 56.3 Å². The molecule has 1 atom stereocenters. The number of aryl methyl sites for hydroxylation is 2. The lowest BCUT2D eigenvalue weighted by Crippen LogP contribution is -2.07. The Morgan fingerprint density at radius 2 is 1.82 bits per heavy atom. The third-order valence-electron chi connectivity index (χ3n) is 6.33. The van der Waals surface area contributed by atoms with E-state index in [1.54, 1.807) is 13.2 Å². The van der Waals surface area contributed by atoms with Crippen molar-refractivity contribution in [2.75, 3.05) is 7.11 Å². The molecule has 6 nitrogen and oxygen atoms in total. The highest BCUT2D eigenvalue weighted by molar-refractivity contribution is 6.18. The van der Waals surface area contributed by atoms with Gasteiger partial charge in [0.15, 0.2) is 0 Å². The molecule has 0 radical (unpaired) electrons. The van der Waals surface area contributed by atoms with Gasteiger partial charge in [-0.1, -0.05) is 35.5 Å². The molecule has 5 rings (SSSR count). The van der Waals surface area contributed by atoms with Crippen LogP contribution in [-0.4, -0.2) is 27.9 Å². The Bertz CT molecular complexity index is 1490. The Morgan fingerprint density at radius 3 is 2.45 bits per heavy atom. The van der Waals surface area contributed by atoms with Crippen LogP contribution in [0.2, 0.25) is 0 Å². The first-order chi connectivity index (χ1) is 15.9. The first kappa shape index (κ1) is 20.8. The van der Waals surface area contributed by atoms with Crippen molar-refractivity contribution in [1.29, 1.82) is 0 Å². The lowest BCUT2D eigenvalue weighted by Gasteiger charge is -2.18. The monoisotopic (exact) mass is 440 g/mol. The number of hydrogen-bond acceptors (Lipinski definition) is 4. The highest BCUT2D eigenvalue weighted by Crippen LogP contribution is 2.41. The number of aromatic nitrogens is 2. The van der Waals surface area contributed by atoms with E-state index in [2.05, 4.69) is 28.8 Å².